The molecule has 0 aromatic heterocycles. The zero-order chi connectivity index (χ0) is 17.7. The first-order chi connectivity index (χ1) is 11.3. The molecule has 0 aromatic rings. The van der Waals surface area contributed by atoms with Crippen LogP contribution in [-0.2, 0) is 9.53 Å². The molecule has 0 bridgehead atoms. The molecular formula is C19H33NO4. The lowest BCUT2D eigenvalue weighted by atomic mass is 9.81. The van der Waals surface area contributed by atoms with Crippen LogP contribution < -0.4 is 0 Å². The van der Waals surface area contributed by atoms with Crippen LogP contribution in [0.2, 0.25) is 0 Å². The fraction of sp³-hybridized carbons (Fsp3) is 0.895. The molecule has 1 amide bonds. The molecule has 0 spiro atoms. The van der Waals surface area contributed by atoms with Gasteiger partial charge in [0.2, 0.25) is 0 Å². The van der Waals surface area contributed by atoms with E-state index < -0.39 is 23.7 Å². The van der Waals surface area contributed by atoms with E-state index in [4.69, 9.17) is 4.74 Å². The van der Waals surface area contributed by atoms with Crippen LogP contribution >= 0.6 is 0 Å². The molecule has 1 saturated heterocycles. The predicted octanol–water partition coefficient (Wildman–Crippen LogP) is 4.45. The van der Waals surface area contributed by atoms with Crippen molar-refractivity contribution in [3.8, 4) is 0 Å². The summed E-state index contributed by atoms with van der Waals surface area (Å²) in [5.74, 6) is 0.320. The van der Waals surface area contributed by atoms with Crippen molar-refractivity contribution in [3.05, 3.63) is 0 Å². The Bertz CT molecular complexity index is 437. The molecule has 0 radical (unpaired) electrons. The Morgan fingerprint density at radius 3 is 2.25 bits per heavy atom. The number of ether oxygens (including phenoxy) is 1. The molecule has 2 rings (SSSR count). The maximum Gasteiger partial charge on any atom is 0.411 e. The number of piperidine rings is 1. The number of hydrogen-bond acceptors (Lipinski definition) is 3. The number of amides is 1. The van der Waals surface area contributed by atoms with Crippen molar-refractivity contribution in [2.75, 3.05) is 6.54 Å². The van der Waals surface area contributed by atoms with Gasteiger partial charge in [0, 0.05) is 6.54 Å². The summed E-state index contributed by atoms with van der Waals surface area (Å²) in [6.07, 6.45) is 9.97. The average molecular weight is 339 g/mol. The SMILES string of the molecule is CC(C)(C)OC(=O)N1CCC(CCC2CCCCC2)CC1C(=O)O. The Morgan fingerprint density at radius 1 is 1.04 bits per heavy atom. The van der Waals surface area contributed by atoms with Gasteiger partial charge in [-0.05, 0) is 45.4 Å². The van der Waals surface area contributed by atoms with E-state index in [2.05, 4.69) is 0 Å². The first-order valence-electron chi connectivity index (χ1n) is 9.48. The lowest BCUT2D eigenvalue weighted by Crippen LogP contribution is -2.51. The predicted molar refractivity (Wildman–Crippen MR) is 92.9 cm³/mol. The molecule has 138 valence electrons. The largest absolute Gasteiger partial charge is 0.480 e. The maximum atomic E-state index is 12.3. The number of aliphatic carboxylic acids is 1. The zero-order valence-electron chi connectivity index (χ0n) is 15.4. The third kappa shape index (κ3) is 5.67. The van der Waals surface area contributed by atoms with E-state index in [9.17, 15) is 14.7 Å². The van der Waals surface area contributed by atoms with Crippen LogP contribution in [0.1, 0.15) is 78.6 Å². The fourth-order valence-corrected chi connectivity index (χ4v) is 4.02. The van der Waals surface area contributed by atoms with Crippen molar-refractivity contribution in [3.63, 3.8) is 0 Å². The van der Waals surface area contributed by atoms with Gasteiger partial charge in [0.1, 0.15) is 11.6 Å². The zero-order valence-corrected chi connectivity index (χ0v) is 15.4. The Kier molecular flexibility index (Phi) is 6.53. The Hall–Kier alpha value is -1.26. The van der Waals surface area contributed by atoms with Gasteiger partial charge in [-0.15, -0.1) is 0 Å². The van der Waals surface area contributed by atoms with Gasteiger partial charge in [-0.1, -0.05) is 44.9 Å². The quantitative estimate of drug-likeness (QED) is 0.822. The second kappa shape index (κ2) is 8.21. The van der Waals surface area contributed by atoms with Crippen molar-refractivity contribution in [1.29, 1.82) is 0 Å². The van der Waals surface area contributed by atoms with Crippen LogP contribution in [0.3, 0.4) is 0 Å². The highest BCUT2D eigenvalue weighted by atomic mass is 16.6. The van der Waals surface area contributed by atoms with E-state index in [0.29, 0.717) is 18.9 Å². The minimum atomic E-state index is -0.914. The summed E-state index contributed by atoms with van der Waals surface area (Å²) in [7, 11) is 0. The summed E-state index contributed by atoms with van der Waals surface area (Å²) in [5, 5.41) is 9.54. The number of carboxylic acids is 1. The lowest BCUT2D eigenvalue weighted by molar-refractivity contribution is -0.145. The minimum Gasteiger partial charge on any atom is -0.480 e. The summed E-state index contributed by atoms with van der Waals surface area (Å²) >= 11 is 0. The van der Waals surface area contributed by atoms with E-state index in [1.807, 2.05) is 0 Å². The molecule has 2 unspecified atom stereocenters. The van der Waals surface area contributed by atoms with E-state index in [0.717, 1.165) is 18.8 Å². The van der Waals surface area contributed by atoms with E-state index in [1.165, 1.54) is 43.4 Å². The van der Waals surface area contributed by atoms with Gasteiger partial charge in [-0.25, -0.2) is 9.59 Å². The normalized spacial score (nSPS) is 26.2. The van der Waals surface area contributed by atoms with Gasteiger partial charge >= 0.3 is 12.1 Å². The third-order valence-electron chi connectivity index (χ3n) is 5.33. The Morgan fingerprint density at radius 2 is 1.67 bits per heavy atom. The first kappa shape index (κ1) is 19.1. The van der Waals surface area contributed by atoms with Gasteiger partial charge in [-0.2, -0.15) is 0 Å². The Labute approximate surface area is 145 Å². The summed E-state index contributed by atoms with van der Waals surface area (Å²) in [5.41, 5.74) is -0.599. The fourth-order valence-electron chi connectivity index (χ4n) is 4.02. The molecule has 2 fully saturated rings. The minimum absolute atomic E-state index is 0.409. The van der Waals surface area contributed by atoms with Crippen LogP contribution in [0.4, 0.5) is 4.79 Å². The van der Waals surface area contributed by atoms with Crippen molar-refractivity contribution < 1.29 is 19.4 Å². The topological polar surface area (TPSA) is 66.8 Å². The number of carbonyl (C=O) groups excluding carboxylic acids is 1. The molecule has 2 aliphatic rings. The van der Waals surface area contributed by atoms with Crippen molar-refractivity contribution >= 4 is 12.1 Å². The van der Waals surface area contributed by atoms with E-state index >= 15 is 0 Å². The molecule has 2 atom stereocenters. The molecular weight excluding hydrogens is 306 g/mol. The van der Waals surface area contributed by atoms with Gasteiger partial charge in [-0.3, -0.25) is 4.90 Å². The van der Waals surface area contributed by atoms with Crippen LogP contribution in [0.25, 0.3) is 0 Å². The van der Waals surface area contributed by atoms with Crippen LogP contribution in [-0.4, -0.2) is 40.3 Å². The highest BCUT2D eigenvalue weighted by Gasteiger charge is 2.38. The molecule has 1 saturated carbocycles. The Balaban J connectivity index is 1.87. The van der Waals surface area contributed by atoms with Gasteiger partial charge in [0.15, 0.2) is 0 Å². The summed E-state index contributed by atoms with van der Waals surface area (Å²) < 4.78 is 5.37. The maximum absolute atomic E-state index is 12.3. The molecule has 1 aliphatic carbocycles. The molecule has 5 heteroatoms. The number of hydrogen-bond donors (Lipinski definition) is 1. The highest BCUT2D eigenvalue weighted by Crippen LogP contribution is 2.33. The monoisotopic (exact) mass is 339 g/mol. The van der Waals surface area contributed by atoms with E-state index in [1.54, 1.807) is 20.8 Å². The van der Waals surface area contributed by atoms with Gasteiger partial charge < -0.3 is 9.84 Å². The van der Waals surface area contributed by atoms with Crippen molar-refractivity contribution in [2.45, 2.75) is 90.2 Å². The smallest absolute Gasteiger partial charge is 0.411 e. The summed E-state index contributed by atoms with van der Waals surface area (Å²) in [6, 6.07) is -0.745. The molecule has 1 N–H and O–H groups in total. The summed E-state index contributed by atoms with van der Waals surface area (Å²) in [6.45, 7) is 5.90. The highest BCUT2D eigenvalue weighted by molar-refractivity contribution is 5.80. The average Bonchev–Trinajstić information content (AvgIpc) is 2.52. The third-order valence-corrected chi connectivity index (χ3v) is 5.33. The molecule has 1 heterocycles. The van der Waals surface area contributed by atoms with Crippen LogP contribution in [0.5, 0.6) is 0 Å². The molecule has 5 nitrogen and oxygen atoms in total. The number of carbonyl (C=O) groups is 2. The van der Waals surface area contributed by atoms with Crippen molar-refractivity contribution in [1.82, 2.24) is 4.90 Å². The van der Waals surface area contributed by atoms with Gasteiger partial charge in [0.25, 0.3) is 0 Å². The second-order valence-electron chi connectivity index (χ2n) is 8.50. The van der Waals surface area contributed by atoms with Crippen LogP contribution in [0, 0.1) is 11.8 Å². The standard InChI is InChI=1S/C19H33NO4/c1-19(2,3)24-18(23)20-12-11-15(13-16(20)17(21)22)10-9-14-7-5-4-6-8-14/h14-16H,4-13H2,1-3H3,(H,21,22). The first-order valence-corrected chi connectivity index (χ1v) is 9.48. The summed E-state index contributed by atoms with van der Waals surface area (Å²) in [4.78, 5) is 25.3. The molecule has 0 aromatic carbocycles. The second-order valence-corrected chi connectivity index (χ2v) is 8.50. The number of likely N-dealkylation sites (tertiary alicyclic amines) is 1. The van der Waals surface area contributed by atoms with Crippen molar-refractivity contribution in [2.24, 2.45) is 11.8 Å². The van der Waals surface area contributed by atoms with Gasteiger partial charge in [0.05, 0.1) is 0 Å². The lowest BCUT2D eigenvalue weighted by Gasteiger charge is -2.38. The number of nitrogens with zero attached hydrogens (tertiary/aromatic N) is 1. The van der Waals surface area contributed by atoms with E-state index in [-0.39, 0.29) is 0 Å². The number of rotatable bonds is 4. The van der Waals surface area contributed by atoms with Crippen LogP contribution in [0.15, 0.2) is 0 Å². The number of carboxylic acid groups (broad SMARTS) is 1. The molecule has 1 aliphatic heterocycles. The molecule has 24 heavy (non-hydrogen) atoms.